The van der Waals surface area contributed by atoms with Gasteiger partial charge in [0.15, 0.2) is 0 Å². The molecule has 0 bridgehead atoms. The van der Waals surface area contributed by atoms with Gasteiger partial charge in [-0.15, -0.1) is 0 Å². The Kier molecular flexibility index (Phi) is 4.29. The largest absolute Gasteiger partial charge is 0.480 e. The first kappa shape index (κ1) is 13.7. The molecule has 3 nitrogen and oxygen atoms in total. The van der Waals surface area contributed by atoms with Crippen molar-refractivity contribution >= 4 is 5.97 Å². The lowest BCUT2D eigenvalue weighted by molar-refractivity contribution is -0.144. The molecule has 0 heterocycles. The predicted molar refractivity (Wildman–Crippen MR) is 69.1 cm³/mol. The molecule has 1 aromatic rings. The summed E-state index contributed by atoms with van der Waals surface area (Å²) in [6.45, 7) is 8.27. The first-order valence-electron chi connectivity index (χ1n) is 5.93. The average molecular weight is 235 g/mol. The molecule has 0 radical (unpaired) electrons. The minimum atomic E-state index is -0.851. The topological polar surface area (TPSA) is 49.3 Å². The van der Waals surface area contributed by atoms with Gasteiger partial charge in [0.2, 0.25) is 0 Å². The van der Waals surface area contributed by atoms with Crippen LogP contribution in [-0.4, -0.2) is 16.6 Å². The summed E-state index contributed by atoms with van der Waals surface area (Å²) in [6, 6.07) is 6.23. The summed E-state index contributed by atoms with van der Waals surface area (Å²) in [5.74, 6) is -0.801. The number of hydrogen-bond acceptors (Lipinski definition) is 2. The maximum absolute atomic E-state index is 11.2. The van der Waals surface area contributed by atoms with Gasteiger partial charge in [0.1, 0.15) is 5.54 Å². The molecule has 1 unspecified atom stereocenters. The molecule has 2 N–H and O–H groups in total. The second-order valence-electron chi connectivity index (χ2n) is 4.77. The summed E-state index contributed by atoms with van der Waals surface area (Å²) < 4.78 is 0. The summed E-state index contributed by atoms with van der Waals surface area (Å²) in [4.78, 5) is 11.2. The molecule has 3 heteroatoms. The van der Waals surface area contributed by atoms with Crippen molar-refractivity contribution in [2.45, 2.75) is 46.2 Å². The highest BCUT2D eigenvalue weighted by Gasteiger charge is 2.30. The molecule has 1 rings (SSSR count). The number of aryl methyl sites for hydroxylation is 2. The maximum Gasteiger partial charge on any atom is 0.323 e. The summed E-state index contributed by atoms with van der Waals surface area (Å²) in [7, 11) is 0. The Morgan fingerprint density at radius 2 is 2.06 bits per heavy atom. The number of benzene rings is 1. The van der Waals surface area contributed by atoms with Gasteiger partial charge in [0.25, 0.3) is 0 Å². The minimum absolute atomic E-state index is 0.563. The number of rotatable bonds is 5. The monoisotopic (exact) mass is 235 g/mol. The van der Waals surface area contributed by atoms with Crippen molar-refractivity contribution in [3.63, 3.8) is 0 Å². The zero-order valence-corrected chi connectivity index (χ0v) is 11.0. The molecule has 0 saturated heterocycles. The van der Waals surface area contributed by atoms with E-state index in [9.17, 15) is 9.90 Å². The van der Waals surface area contributed by atoms with E-state index in [4.69, 9.17) is 0 Å². The lowest BCUT2D eigenvalue weighted by Gasteiger charge is -2.25. The van der Waals surface area contributed by atoms with Crippen LogP contribution in [0.5, 0.6) is 0 Å². The van der Waals surface area contributed by atoms with Crippen LogP contribution in [-0.2, 0) is 11.3 Å². The molecule has 17 heavy (non-hydrogen) atoms. The van der Waals surface area contributed by atoms with Gasteiger partial charge in [0.05, 0.1) is 0 Å². The lowest BCUT2D eigenvalue weighted by Crippen LogP contribution is -2.48. The molecule has 0 saturated carbocycles. The number of carboxylic acid groups (broad SMARTS) is 1. The summed E-state index contributed by atoms with van der Waals surface area (Å²) >= 11 is 0. The van der Waals surface area contributed by atoms with E-state index in [0.717, 1.165) is 5.56 Å². The molecule has 0 amide bonds. The number of carbonyl (C=O) groups is 1. The Labute approximate surface area is 103 Å². The Bertz CT molecular complexity index is 415. The normalized spacial score (nSPS) is 14.4. The summed E-state index contributed by atoms with van der Waals surface area (Å²) in [5, 5.41) is 12.3. The quantitative estimate of drug-likeness (QED) is 0.825. The molecule has 0 aliphatic rings. The third-order valence-corrected chi connectivity index (χ3v) is 3.35. The Morgan fingerprint density at radius 1 is 1.41 bits per heavy atom. The molecule has 94 valence electrons. The van der Waals surface area contributed by atoms with Crippen LogP contribution in [0.3, 0.4) is 0 Å². The van der Waals surface area contributed by atoms with Crippen LogP contribution in [0, 0.1) is 13.8 Å². The van der Waals surface area contributed by atoms with Crippen molar-refractivity contribution in [1.29, 1.82) is 0 Å². The van der Waals surface area contributed by atoms with Gasteiger partial charge in [-0.2, -0.15) is 0 Å². The zero-order chi connectivity index (χ0) is 13.1. The van der Waals surface area contributed by atoms with E-state index in [2.05, 4.69) is 23.5 Å². The van der Waals surface area contributed by atoms with E-state index in [0.29, 0.717) is 13.0 Å². The SMILES string of the molecule is CCC(C)(NCc1cc(C)ccc1C)C(=O)O. The number of hydrogen-bond donors (Lipinski definition) is 2. The van der Waals surface area contributed by atoms with Crippen molar-refractivity contribution in [2.75, 3.05) is 0 Å². The fraction of sp³-hybridized carbons (Fsp3) is 0.500. The number of aliphatic carboxylic acids is 1. The molecule has 0 aliphatic heterocycles. The summed E-state index contributed by atoms with van der Waals surface area (Å²) in [5.41, 5.74) is 2.69. The van der Waals surface area contributed by atoms with Crippen LogP contribution in [0.2, 0.25) is 0 Å². The van der Waals surface area contributed by atoms with Crippen LogP contribution in [0.15, 0.2) is 18.2 Å². The highest BCUT2D eigenvalue weighted by atomic mass is 16.4. The third-order valence-electron chi connectivity index (χ3n) is 3.35. The molecule has 1 atom stereocenters. The van der Waals surface area contributed by atoms with Gasteiger partial charge in [-0.05, 0) is 38.3 Å². The first-order valence-corrected chi connectivity index (χ1v) is 5.93. The summed E-state index contributed by atoms with van der Waals surface area (Å²) in [6.07, 6.45) is 0.563. The van der Waals surface area contributed by atoms with Crippen LogP contribution < -0.4 is 5.32 Å². The molecular formula is C14H21NO2. The van der Waals surface area contributed by atoms with E-state index in [1.165, 1.54) is 11.1 Å². The zero-order valence-electron chi connectivity index (χ0n) is 11.0. The van der Waals surface area contributed by atoms with Gasteiger partial charge in [-0.1, -0.05) is 30.7 Å². The van der Waals surface area contributed by atoms with Crippen LogP contribution in [0.4, 0.5) is 0 Å². The fourth-order valence-corrected chi connectivity index (χ4v) is 1.63. The van der Waals surface area contributed by atoms with Gasteiger partial charge < -0.3 is 5.11 Å². The van der Waals surface area contributed by atoms with E-state index in [1.54, 1.807) is 6.92 Å². The Balaban J connectivity index is 2.79. The Morgan fingerprint density at radius 3 is 2.59 bits per heavy atom. The van der Waals surface area contributed by atoms with Crippen molar-refractivity contribution in [1.82, 2.24) is 5.32 Å². The molecule has 0 aromatic heterocycles. The van der Waals surface area contributed by atoms with Crippen molar-refractivity contribution in [3.05, 3.63) is 34.9 Å². The van der Waals surface area contributed by atoms with Crippen molar-refractivity contribution in [2.24, 2.45) is 0 Å². The van der Waals surface area contributed by atoms with Gasteiger partial charge in [0, 0.05) is 6.54 Å². The predicted octanol–water partition coefficient (Wildman–Crippen LogP) is 2.65. The first-order chi connectivity index (χ1) is 7.89. The highest BCUT2D eigenvalue weighted by Crippen LogP contribution is 2.14. The molecular weight excluding hydrogens is 214 g/mol. The number of carboxylic acids is 1. The smallest absolute Gasteiger partial charge is 0.323 e. The third kappa shape index (κ3) is 3.30. The van der Waals surface area contributed by atoms with Crippen molar-refractivity contribution < 1.29 is 9.90 Å². The van der Waals surface area contributed by atoms with Crippen LogP contribution in [0.1, 0.15) is 37.0 Å². The molecule has 0 aliphatic carbocycles. The molecule has 1 aromatic carbocycles. The average Bonchev–Trinajstić information content (AvgIpc) is 2.29. The second kappa shape index (κ2) is 5.32. The maximum atomic E-state index is 11.2. The van der Waals surface area contributed by atoms with E-state index in [-0.39, 0.29) is 0 Å². The van der Waals surface area contributed by atoms with Crippen LogP contribution >= 0.6 is 0 Å². The van der Waals surface area contributed by atoms with Gasteiger partial charge in [-0.25, -0.2) is 0 Å². The minimum Gasteiger partial charge on any atom is -0.480 e. The lowest BCUT2D eigenvalue weighted by atomic mass is 9.98. The van der Waals surface area contributed by atoms with E-state index < -0.39 is 11.5 Å². The standard InChI is InChI=1S/C14H21NO2/c1-5-14(4,13(16)17)15-9-12-8-10(2)6-7-11(12)3/h6-8,15H,5,9H2,1-4H3,(H,16,17). The molecule has 0 spiro atoms. The van der Waals surface area contributed by atoms with Gasteiger partial charge in [-0.3, -0.25) is 10.1 Å². The van der Waals surface area contributed by atoms with E-state index >= 15 is 0 Å². The van der Waals surface area contributed by atoms with Gasteiger partial charge >= 0.3 is 5.97 Å². The highest BCUT2D eigenvalue weighted by molar-refractivity contribution is 5.78. The Hall–Kier alpha value is -1.35. The van der Waals surface area contributed by atoms with E-state index in [1.807, 2.05) is 20.8 Å². The van der Waals surface area contributed by atoms with Crippen molar-refractivity contribution in [3.8, 4) is 0 Å². The second-order valence-corrected chi connectivity index (χ2v) is 4.77. The number of nitrogens with one attached hydrogen (secondary N) is 1. The molecule has 0 fully saturated rings. The van der Waals surface area contributed by atoms with Crippen LogP contribution in [0.25, 0.3) is 0 Å². The fourth-order valence-electron chi connectivity index (χ4n) is 1.63.